The first kappa shape index (κ1) is 18.1. The van der Waals surface area contributed by atoms with Crippen molar-refractivity contribution in [3.05, 3.63) is 69.8 Å². The fourth-order valence-corrected chi connectivity index (χ4v) is 1.99. The van der Waals surface area contributed by atoms with Gasteiger partial charge in [-0.3, -0.25) is 14.9 Å². The molecule has 1 amide bonds. The molecule has 0 aliphatic heterocycles. The molecule has 0 aliphatic carbocycles. The Hall–Kier alpha value is -3.22. The lowest BCUT2D eigenvalue weighted by Gasteiger charge is -2.05. The highest BCUT2D eigenvalue weighted by molar-refractivity contribution is 5.82. The number of hydrogen-bond donors (Lipinski definition) is 1. The molecule has 0 fully saturated rings. The van der Waals surface area contributed by atoms with Gasteiger partial charge in [-0.2, -0.15) is 5.10 Å². The van der Waals surface area contributed by atoms with E-state index in [1.165, 1.54) is 29.8 Å². The summed E-state index contributed by atoms with van der Waals surface area (Å²) in [6.07, 6.45) is 1.55. The molecule has 7 nitrogen and oxygen atoms in total. The van der Waals surface area contributed by atoms with E-state index in [4.69, 9.17) is 4.74 Å². The van der Waals surface area contributed by atoms with E-state index in [-0.39, 0.29) is 12.3 Å². The molecular formula is C18H19N3O4. The number of nitrogens with zero attached hydrogens (tertiary/aromatic N) is 2. The highest BCUT2D eigenvalue weighted by Gasteiger charge is 2.06. The van der Waals surface area contributed by atoms with E-state index in [0.717, 1.165) is 5.56 Å². The van der Waals surface area contributed by atoms with E-state index >= 15 is 0 Å². The van der Waals surface area contributed by atoms with Crippen molar-refractivity contribution >= 4 is 17.8 Å². The van der Waals surface area contributed by atoms with Crippen LogP contribution in [0.1, 0.15) is 30.9 Å². The average Bonchev–Trinajstić information content (AvgIpc) is 2.60. The van der Waals surface area contributed by atoms with Crippen molar-refractivity contribution in [2.24, 2.45) is 5.10 Å². The summed E-state index contributed by atoms with van der Waals surface area (Å²) >= 11 is 0. The molecule has 1 N–H and O–H groups in total. The molecule has 2 aromatic rings. The predicted octanol–water partition coefficient (Wildman–Crippen LogP) is 3.25. The molecule has 0 aromatic heterocycles. The van der Waals surface area contributed by atoms with Gasteiger partial charge >= 0.3 is 0 Å². The number of non-ortho nitro benzene ring substituents is 1. The number of ether oxygens (including phenoxy) is 1. The van der Waals surface area contributed by atoms with Gasteiger partial charge in [-0.15, -0.1) is 0 Å². The van der Waals surface area contributed by atoms with Crippen molar-refractivity contribution in [1.29, 1.82) is 0 Å². The average molecular weight is 341 g/mol. The second-order valence-electron chi connectivity index (χ2n) is 5.65. The number of benzene rings is 2. The first-order valence-corrected chi connectivity index (χ1v) is 7.75. The van der Waals surface area contributed by atoms with Gasteiger partial charge in [0, 0.05) is 12.1 Å². The third kappa shape index (κ3) is 5.72. The molecule has 2 aromatic carbocycles. The highest BCUT2D eigenvalue weighted by Crippen LogP contribution is 2.17. The largest absolute Gasteiger partial charge is 0.484 e. The van der Waals surface area contributed by atoms with Gasteiger partial charge in [-0.25, -0.2) is 5.43 Å². The minimum absolute atomic E-state index is 0.0371. The van der Waals surface area contributed by atoms with Crippen LogP contribution in [-0.2, 0) is 4.79 Å². The summed E-state index contributed by atoms with van der Waals surface area (Å²) in [6, 6.07) is 13.4. The Morgan fingerprint density at radius 2 is 1.84 bits per heavy atom. The SMILES string of the molecule is CC(C)c1ccc(C=NNC(=O)COc2ccc([N+](=O)[O-])cc2)cc1. The molecule has 0 atom stereocenters. The lowest BCUT2D eigenvalue weighted by molar-refractivity contribution is -0.384. The zero-order valence-corrected chi connectivity index (χ0v) is 14.0. The summed E-state index contributed by atoms with van der Waals surface area (Å²) < 4.78 is 5.24. The van der Waals surface area contributed by atoms with Crippen LogP contribution in [0, 0.1) is 10.1 Å². The maximum absolute atomic E-state index is 11.7. The molecule has 0 aliphatic rings. The Balaban J connectivity index is 1.79. The number of nitro groups is 1. The minimum Gasteiger partial charge on any atom is -0.484 e. The van der Waals surface area contributed by atoms with Gasteiger partial charge < -0.3 is 4.74 Å². The molecule has 25 heavy (non-hydrogen) atoms. The Morgan fingerprint density at radius 3 is 2.40 bits per heavy atom. The van der Waals surface area contributed by atoms with Crippen molar-refractivity contribution < 1.29 is 14.5 Å². The third-order valence-electron chi connectivity index (χ3n) is 3.42. The van der Waals surface area contributed by atoms with E-state index in [1.54, 1.807) is 6.21 Å². The van der Waals surface area contributed by atoms with Crippen molar-refractivity contribution in [3.8, 4) is 5.75 Å². The number of amides is 1. The molecule has 0 unspecified atom stereocenters. The fourth-order valence-electron chi connectivity index (χ4n) is 1.99. The Morgan fingerprint density at radius 1 is 1.20 bits per heavy atom. The van der Waals surface area contributed by atoms with Gasteiger partial charge in [-0.1, -0.05) is 38.1 Å². The topological polar surface area (TPSA) is 93.8 Å². The number of nitrogens with one attached hydrogen (secondary N) is 1. The summed E-state index contributed by atoms with van der Waals surface area (Å²) in [5.74, 6) is 0.407. The Labute approximate surface area is 145 Å². The summed E-state index contributed by atoms with van der Waals surface area (Å²) in [7, 11) is 0. The number of hydrazone groups is 1. The lowest BCUT2D eigenvalue weighted by atomic mass is 10.0. The highest BCUT2D eigenvalue weighted by atomic mass is 16.6. The lowest BCUT2D eigenvalue weighted by Crippen LogP contribution is -2.24. The molecule has 0 bridgehead atoms. The summed E-state index contributed by atoms with van der Waals surface area (Å²) in [6.45, 7) is 4.00. The Bertz CT molecular complexity index is 753. The molecule has 0 spiro atoms. The Kier molecular flexibility index (Phi) is 6.22. The van der Waals surface area contributed by atoms with E-state index < -0.39 is 10.8 Å². The zero-order chi connectivity index (χ0) is 18.2. The molecular weight excluding hydrogens is 322 g/mol. The maximum atomic E-state index is 11.7. The number of rotatable bonds is 7. The van der Waals surface area contributed by atoms with Crippen molar-refractivity contribution in [3.63, 3.8) is 0 Å². The number of nitro benzene ring substituents is 1. The van der Waals surface area contributed by atoms with Crippen LogP contribution in [0.4, 0.5) is 5.69 Å². The van der Waals surface area contributed by atoms with Crippen LogP contribution in [0.5, 0.6) is 5.75 Å². The first-order chi connectivity index (χ1) is 12.0. The van der Waals surface area contributed by atoms with Gasteiger partial charge in [0.25, 0.3) is 11.6 Å². The van der Waals surface area contributed by atoms with Crippen molar-refractivity contribution in [2.45, 2.75) is 19.8 Å². The van der Waals surface area contributed by atoms with E-state index in [2.05, 4.69) is 24.4 Å². The van der Waals surface area contributed by atoms with E-state index in [0.29, 0.717) is 11.7 Å². The molecule has 0 radical (unpaired) electrons. The monoisotopic (exact) mass is 341 g/mol. The van der Waals surface area contributed by atoms with Crippen LogP contribution in [0.3, 0.4) is 0 Å². The molecule has 0 saturated heterocycles. The molecule has 0 saturated carbocycles. The quantitative estimate of drug-likeness (QED) is 0.475. The predicted molar refractivity (Wildman–Crippen MR) is 94.9 cm³/mol. The molecule has 130 valence electrons. The summed E-state index contributed by atoms with van der Waals surface area (Å²) in [4.78, 5) is 21.7. The molecule has 2 rings (SSSR count). The summed E-state index contributed by atoms with van der Waals surface area (Å²) in [5.41, 5.74) is 4.44. The second-order valence-corrected chi connectivity index (χ2v) is 5.65. The molecule has 0 heterocycles. The number of carbonyl (C=O) groups is 1. The third-order valence-corrected chi connectivity index (χ3v) is 3.42. The van der Waals surface area contributed by atoms with Crippen LogP contribution >= 0.6 is 0 Å². The van der Waals surface area contributed by atoms with E-state index in [9.17, 15) is 14.9 Å². The van der Waals surface area contributed by atoms with Crippen molar-refractivity contribution in [2.75, 3.05) is 6.61 Å². The van der Waals surface area contributed by atoms with Crippen LogP contribution < -0.4 is 10.2 Å². The smallest absolute Gasteiger partial charge is 0.277 e. The van der Waals surface area contributed by atoms with Crippen LogP contribution in [0.25, 0.3) is 0 Å². The number of hydrogen-bond acceptors (Lipinski definition) is 5. The zero-order valence-electron chi connectivity index (χ0n) is 14.0. The minimum atomic E-state index is -0.501. The van der Waals surface area contributed by atoms with Gasteiger partial charge in [0.1, 0.15) is 5.75 Å². The molecule has 7 heteroatoms. The van der Waals surface area contributed by atoms with Crippen LogP contribution in [0.15, 0.2) is 53.6 Å². The van der Waals surface area contributed by atoms with Gasteiger partial charge in [0.15, 0.2) is 6.61 Å². The van der Waals surface area contributed by atoms with Crippen LogP contribution in [0.2, 0.25) is 0 Å². The van der Waals surface area contributed by atoms with Gasteiger partial charge in [0.05, 0.1) is 11.1 Å². The van der Waals surface area contributed by atoms with Gasteiger partial charge in [-0.05, 0) is 29.2 Å². The standard InChI is InChI=1S/C18H19N3O4/c1-13(2)15-5-3-14(4-6-15)11-19-20-18(22)12-25-17-9-7-16(8-10-17)21(23)24/h3-11,13H,12H2,1-2H3,(H,20,22). The summed E-state index contributed by atoms with van der Waals surface area (Å²) in [5, 5.41) is 14.4. The maximum Gasteiger partial charge on any atom is 0.277 e. The van der Waals surface area contributed by atoms with Crippen molar-refractivity contribution in [1.82, 2.24) is 5.43 Å². The second kappa shape index (κ2) is 8.58. The van der Waals surface area contributed by atoms with Gasteiger partial charge in [0.2, 0.25) is 0 Å². The normalized spacial score (nSPS) is 10.8. The van der Waals surface area contributed by atoms with Crippen LogP contribution in [-0.4, -0.2) is 23.7 Å². The number of carbonyl (C=O) groups excluding carboxylic acids is 1. The van der Waals surface area contributed by atoms with E-state index in [1.807, 2.05) is 24.3 Å². The fraction of sp³-hybridized carbons (Fsp3) is 0.222. The first-order valence-electron chi connectivity index (χ1n) is 7.75.